The molecule has 0 amide bonds. The summed E-state index contributed by atoms with van der Waals surface area (Å²) in [7, 11) is 0. The first kappa shape index (κ1) is 9.09. The van der Waals surface area contributed by atoms with E-state index in [1.807, 2.05) is 6.07 Å². The molecule has 3 nitrogen and oxygen atoms in total. The molecule has 0 aliphatic carbocycles. The van der Waals surface area contributed by atoms with Crippen LogP contribution in [0.15, 0.2) is 24.3 Å². The van der Waals surface area contributed by atoms with Gasteiger partial charge in [-0.2, -0.15) is 5.26 Å². The van der Waals surface area contributed by atoms with Gasteiger partial charge in [-0.3, -0.25) is 0 Å². The SMILES string of the molecule is CC(C#N)c1ccccc1OC#N. The van der Waals surface area contributed by atoms with Crippen LogP contribution in [0.5, 0.6) is 5.75 Å². The molecule has 0 heterocycles. The standard InChI is InChI=1S/C10H8N2O/c1-8(6-11)9-4-2-3-5-10(9)13-7-12/h2-5,8H,1H3. The molecule has 0 saturated carbocycles. The van der Waals surface area contributed by atoms with Crippen molar-refractivity contribution in [2.45, 2.75) is 12.8 Å². The summed E-state index contributed by atoms with van der Waals surface area (Å²) in [5.41, 5.74) is 0.742. The Morgan fingerprint density at radius 3 is 2.62 bits per heavy atom. The summed E-state index contributed by atoms with van der Waals surface area (Å²) in [6.45, 7) is 1.76. The molecular formula is C10H8N2O. The molecule has 0 N–H and O–H groups in total. The fourth-order valence-corrected chi connectivity index (χ4v) is 1.05. The molecule has 1 rings (SSSR count). The number of hydrogen-bond acceptors (Lipinski definition) is 3. The fraction of sp³-hybridized carbons (Fsp3) is 0.200. The first-order chi connectivity index (χ1) is 6.29. The van der Waals surface area contributed by atoms with Crippen molar-refractivity contribution in [2.75, 3.05) is 0 Å². The van der Waals surface area contributed by atoms with Crippen LogP contribution in [0, 0.1) is 22.8 Å². The van der Waals surface area contributed by atoms with Crippen molar-refractivity contribution >= 4 is 0 Å². The minimum absolute atomic E-state index is 0.260. The summed E-state index contributed by atoms with van der Waals surface area (Å²) in [6, 6.07) is 9.12. The molecular weight excluding hydrogens is 164 g/mol. The molecule has 0 aromatic heterocycles. The summed E-state index contributed by atoms with van der Waals surface area (Å²) < 4.78 is 4.71. The van der Waals surface area contributed by atoms with Gasteiger partial charge in [-0.1, -0.05) is 18.2 Å². The lowest BCUT2D eigenvalue weighted by molar-refractivity contribution is 0.499. The molecule has 64 valence electrons. The molecule has 0 aliphatic rings. The van der Waals surface area contributed by atoms with Crippen LogP contribution >= 0.6 is 0 Å². The Kier molecular flexibility index (Phi) is 2.89. The Morgan fingerprint density at radius 1 is 1.31 bits per heavy atom. The summed E-state index contributed by atoms with van der Waals surface area (Å²) in [4.78, 5) is 0. The molecule has 0 spiro atoms. The van der Waals surface area contributed by atoms with Gasteiger partial charge in [-0.05, 0) is 13.0 Å². The predicted molar refractivity (Wildman–Crippen MR) is 46.7 cm³/mol. The van der Waals surface area contributed by atoms with Crippen LogP contribution in [-0.2, 0) is 0 Å². The zero-order valence-corrected chi connectivity index (χ0v) is 7.19. The number of nitrogens with zero attached hydrogens (tertiary/aromatic N) is 2. The lowest BCUT2D eigenvalue weighted by Gasteiger charge is -2.06. The highest BCUT2D eigenvalue weighted by Gasteiger charge is 2.09. The van der Waals surface area contributed by atoms with Crippen LogP contribution in [0.25, 0.3) is 0 Å². The Hall–Kier alpha value is -2.00. The fourth-order valence-electron chi connectivity index (χ4n) is 1.05. The highest BCUT2D eigenvalue weighted by Crippen LogP contribution is 2.25. The third-order valence-electron chi connectivity index (χ3n) is 1.73. The maximum atomic E-state index is 8.69. The quantitative estimate of drug-likeness (QED) is 0.642. The summed E-state index contributed by atoms with van der Waals surface area (Å²) >= 11 is 0. The third kappa shape index (κ3) is 1.98. The first-order valence-corrected chi connectivity index (χ1v) is 3.84. The maximum Gasteiger partial charge on any atom is 0.292 e. The Bertz CT molecular complexity index is 373. The van der Waals surface area contributed by atoms with Crippen molar-refractivity contribution in [2.24, 2.45) is 0 Å². The number of nitriles is 2. The van der Waals surface area contributed by atoms with Crippen molar-refractivity contribution in [1.29, 1.82) is 10.5 Å². The topological polar surface area (TPSA) is 56.8 Å². The molecule has 1 aromatic carbocycles. The largest absolute Gasteiger partial charge is 0.388 e. The Balaban J connectivity index is 3.07. The normalized spacial score (nSPS) is 11.0. The van der Waals surface area contributed by atoms with Crippen LogP contribution in [0.3, 0.4) is 0 Å². The van der Waals surface area contributed by atoms with Crippen molar-refractivity contribution in [3.8, 4) is 18.1 Å². The lowest BCUT2D eigenvalue weighted by Crippen LogP contribution is -1.94. The van der Waals surface area contributed by atoms with Crippen molar-refractivity contribution in [1.82, 2.24) is 0 Å². The van der Waals surface area contributed by atoms with E-state index >= 15 is 0 Å². The second kappa shape index (κ2) is 4.13. The molecule has 0 bridgehead atoms. The van der Waals surface area contributed by atoms with Gasteiger partial charge in [0.05, 0.1) is 12.0 Å². The van der Waals surface area contributed by atoms with E-state index in [9.17, 15) is 0 Å². The average molecular weight is 172 g/mol. The number of rotatable bonds is 2. The van der Waals surface area contributed by atoms with Gasteiger partial charge in [0.2, 0.25) is 0 Å². The van der Waals surface area contributed by atoms with Crippen LogP contribution in [0.2, 0.25) is 0 Å². The second-order valence-corrected chi connectivity index (χ2v) is 2.58. The van der Waals surface area contributed by atoms with Crippen molar-refractivity contribution in [3.63, 3.8) is 0 Å². The summed E-state index contributed by atoms with van der Waals surface area (Å²) in [5.74, 6) is 0.198. The second-order valence-electron chi connectivity index (χ2n) is 2.58. The van der Waals surface area contributed by atoms with E-state index in [4.69, 9.17) is 15.3 Å². The van der Waals surface area contributed by atoms with Gasteiger partial charge >= 0.3 is 0 Å². The van der Waals surface area contributed by atoms with E-state index in [1.165, 1.54) is 0 Å². The Morgan fingerprint density at radius 2 is 2.00 bits per heavy atom. The third-order valence-corrected chi connectivity index (χ3v) is 1.73. The molecule has 1 unspecified atom stereocenters. The van der Waals surface area contributed by atoms with Gasteiger partial charge in [0.1, 0.15) is 5.75 Å². The van der Waals surface area contributed by atoms with E-state index in [2.05, 4.69) is 6.07 Å². The number of ether oxygens (including phenoxy) is 1. The van der Waals surface area contributed by atoms with Gasteiger partial charge in [-0.15, -0.1) is 5.26 Å². The number of benzene rings is 1. The summed E-state index contributed by atoms with van der Waals surface area (Å²) in [5, 5.41) is 17.0. The minimum Gasteiger partial charge on any atom is -0.388 e. The van der Waals surface area contributed by atoms with Gasteiger partial charge in [-0.25, -0.2) is 0 Å². The predicted octanol–water partition coefficient (Wildman–Crippen LogP) is 2.17. The number of para-hydroxylation sites is 1. The molecule has 1 atom stereocenters. The Labute approximate surface area is 76.8 Å². The van der Waals surface area contributed by atoms with E-state index in [1.54, 1.807) is 31.4 Å². The van der Waals surface area contributed by atoms with Crippen LogP contribution in [0.1, 0.15) is 18.4 Å². The molecule has 13 heavy (non-hydrogen) atoms. The van der Waals surface area contributed by atoms with E-state index in [0.29, 0.717) is 5.75 Å². The van der Waals surface area contributed by atoms with Gasteiger partial charge < -0.3 is 4.74 Å². The highest BCUT2D eigenvalue weighted by atomic mass is 16.5. The van der Waals surface area contributed by atoms with Gasteiger partial charge in [0, 0.05) is 5.56 Å². The molecule has 0 fully saturated rings. The van der Waals surface area contributed by atoms with E-state index < -0.39 is 0 Å². The number of hydrogen-bond donors (Lipinski definition) is 0. The van der Waals surface area contributed by atoms with Crippen LogP contribution < -0.4 is 4.74 Å². The van der Waals surface area contributed by atoms with Crippen molar-refractivity contribution < 1.29 is 4.74 Å². The summed E-state index contributed by atoms with van der Waals surface area (Å²) in [6.07, 6.45) is 1.59. The van der Waals surface area contributed by atoms with Crippen molar-refractivity contribution in [3.05, 3.63) is 29.8 Å². The first-order valence-electron chi connectivity index (χ1n) is 3.84. The van der Waals surface area contributed by atoms with E-state index in [-0.39, 0.29) is 5.92 Å². The van der Waals surface area contributed by atoms with Crippen LogP contribution in [0.4, 0.5) is 0 Å². The van der Waals surface area contributed by atoms with E-state index in [0.717, 1.165) is 5.56 Å². The molecule has 3 heteroatoms. The monoisotopic (exact) mass is 172 g/mol. The van der Waals surface area contributed by atoms with Gasteiger partial charge in [0.15, 0.2) is 0 Å². The molecule has 0 saturated heterocycles. The minimum atomic E-state index is -0.260. The molecule has 0 aliphatic heterocycles. The smallest absolute Gasteiger partial charge is 0.292 e. The average Bonchev–Trinajstić information content (AvgIpc) is 2.18. The lowest BCUT2D eigenvalue weighted by atomic mass is 10.0. The zero-order valence-electron chi connectivity index (χ0n) is 7.19. The maximum absolute atomic E-state index is 8.69. The molecule has 0 radical (unpaired) electrons. The van der Waals surface area contributed by atoms with Gasteiger partial charge in [0.25, 0.3) is 6.26 Å². The zero-order chi connectivity index (χ0) is 9.68. The molecule has 1 aromatic rings. The van der Waals surface area contributed by atoms with Crippen LogP contribution in [-0.4, -0.2) is 0 Å². The highest BCUT2D eigenvalue weighted by molar-refractivity contribution is 5.39.